The Kier molecular flexibility index (Phi) is 11.1. The van der Waals surface area contributed by atoms with E-state index in [9.17, 15) is 18.4 Å². The van der Waals surface area contributed by atoms with Crippen LogP contribution in [-0.2, 0) is 13.2 Å². The van der Waals surface area contributed by atoms with Crippen LogP contribution in [0.15, 0.2) is 93.8 Å². The zero-order chi connectivity index (χ0) is 33.4. The Morgan fingerprint density at radius 1 is 0.696 bits per heavy atom. The average Bonchev–Trinajstić information content (AvgIpc) is 3.58. The lowest BCUT2D eigenvalue weighted by molar-refractivity contribution is -0.158. The summed E-state index contributed by atoms with van der Waals surface area (Å²) in [4.78, 5) is 21.7. The van der Waals surface area contributed by atoms with Crippen LogP contribution in [0.3, 0.4) is 0 Å². The Hall–Kier alpha value is -4.85. The number of hydrogen-bond acceptors (Lipinski definition) is 7. The fourth-order valence-corrected chi connectivity index (χ4v) is 4.42. The third kappa shape index (κ3) is 9.83. The molecular formula is C34H29F2IO9. The van der Waals surface area contributed by atoms with Crippen LogP contribution in [0.4, 0.5) is 8.78 Å². The smallest absolute Gasteiger partial charge is 0.394 e. The van der Waals surface area contributed by atoms with Gasteiger partial charge in [-0.05, 0) is 108 Å². The van der Waals surface area contributed by atoms with Gasteiger partial charge in [0, 0.05) is 21.6 Å². The van der Waals surface area contributed by atoms with E-state index in [-0.39, 0.29) is 23.9 Å². The molecule has 46 heavy (non-hydrogen) atoms. The third-order valence-corrected chi connectivity index (χ3v) is 7.12. The number of furan rings is 2. The summed E-state index contributed by atoms with van der Waals surface area (Å²) in [5, 5.41) is 17.7. The number of hydrogen-bond donors (Lipinski definition) is 2. The molecule has 2 heterocycles. The minimum atomic E-state index is -3.22. The van der Waals surface area contributed by atoms with Crippen molar-refractivity contribution in [3.63, 3.8) is 0 Å². The van der Waals surface area contributed by atoms with E-state index >= 15 is 0 Å². The van der Waals surface area contributed by atoms with Gasteiger partial charge in [-0.15, -0.1) is 0 Å². The maximum atomic E-state index is 12.9. The molecule has 0 saturated carbocycles. The van der Waals surface area contributed by atoms with Gasteiger partial charge >= 0.3 is 18.0 Å². The Morgan fingerprint density at radius 3 is 1.41 bits per heavy atom. The van der Waals surface area contributed by atoms with Gasteiger partial charge in [-0.25, -0.2) is 9.59 Å². The standard InChI is InChI=1S/C21H18F2O5.C13H11IO4/c1-13-16(11-19(27-13)20(24)25)12-26-17-7-3-14(4-8-17)15-5-9-18(10-6-15)28-21(2,22)23;1-8-9(6-12(18-8)13(15)16)7-17-11-4-2-10(14)3-5-11/h3-11H,12H2,1-2H3,(H,24,25);2-6H,7H2,1H3,(H,15,16). The van der Waals surface area contributed by atoms with Gasteiger partial charge in [-0.2, -0.15) is 8.78 Å². The summed E-state index contributed by atoms with van der Waals surface area (Å²) in [7, 11) is 0. The molecule has 0 radical (unpaired) electrons. The summed E-state index contributed by atoms with van der Waals surface area (Å²) in [5.41, 5.74) is 3.13. The summed E-state index contributed by atoms with van der Waals surface area (Å²) in [6.07, 6.45) is -3.22. The van der Waals surface area contributed by atoms with Crippen LogP contribution in [0.1, 0.15) is 50.7 Å². The number of benzene rings is 3. The van der Waals surface area contributed by atoms with Gasteiger partial charge < -0.3 is 33.3 Å². The van der Waals surface area contributed by atoms with Crippen LogP contribution < -0.4 is 14.2 Å². The number of halogens is 3. The van der Waals surface area contributed by atoms with Gasteiger partial charge in [0.2, 0.25) is 11.5 Å². The fourth-order valence-electron chi connectivity index (χ4n) is 4.06. The number of alkyl halides is 2. The van der Waals surface area contributed by atoms with Crippen LogP contribution in [0.25, 0.3) is 11.1 Å². The maximum absolute atomic E-state index is 12.9. The SMILES string of the molecule is Cc1oc(C(=O)O)cc1COc1ccc(-c2ccc(OC(C)(F)F)cc2)cc1.Cc1oc(C(=O)O)cc1COc1ccc(I)cc1. The molecule has 0 bridgehead atoms. The monoisotopic (exact) mass is 746 g/mol. The van der Waals surface area contributed by atoms with E-state index in [1.54, 1.807) is 38.1 Å². The number of rotatable bonds is 11. The van der Waals surface area contributed by atoms with Crippen molar-refractivity contribution in [3.05, 3.63) is 123 Å². The molecule has 0 aliphatic carbocycles. The highest BCUT2D eigenvalue weighted by Crippen LogP contribution is 2.28. The summed E-state index contributed by atoms with van der Waals surface area (Å²) >= 11 is 2.22. The first-order chi connectivity index (χ1) is 21.8. The van der Waals surface area contributed by atoms with Gasteiger partial charge in [-0.1, -0.05) is 24.3 Å². The summed E-state index contributed by atoms with van der Waals surface area (Å²) in [6, 6.07) is 24.1. The predicted molar refractivity (Wildman–Crippen MR) is 172 cm³/mol. The molecule has 240 valence electrons. The lowest BCUT2D eigenvalue weighted by atomic mass is 10.1. The van der Waals surface area contributed by atoms with Crippen molar-refractivity contribution in [2.45, 2.75) is 40.1 Å². The van der Waals surface area contributed by atoms with Gasteiger partial charge in [0.1, 0.15) is 42.0 Å². The molecule has 2 N–H and O–H groups in total. The van der Waals surface area contributed by atoms with Crippen molar-refractivity contribution in [1.82, 2.24) is 0 Å². The first kappa shape index (κ1) is 34.0. The second-order valence-corrected chi connectivity index (χ2v) is 11.2. The molecule has 0 fully saturated rings. The molecule has 5 aromatic rings. The van der Waals surface area contributed by atoms with Gasteiger partial charge in [-0.3, -0.25) is 0 Å². The average molecular weight is 746 g/mol. The Labute approximate surface area is 276 Å². The van der Waals surface area contributed by atoms with Gasteiger partial charge in [0.05, 0.1) is 0 Å². The number of aromatic carboxylic acids is 2. The van der Waals surface area contributed by atoms with E-state index in [1.165, 1.54) is 24.3 Å². The second kappa shape index (κ2) is 15.0. The highest BCUT2D eigenvalue weighted by atomic mass is 127. The molecule has 9 nitrogen and oxygen atoms in total. The zero-order valence-electron chi connectivity index (χ0n) is 24.9. The molecule has 0 saturated heterocycles. The maximum Gasteiger partial charge on any atom is 0.394 e. The highest BCUT2D eigenvalue weighted by molar-refractivity contribution is 14.1. The number of carboxylic acids is 2. The first-order valence-electron chi connectivity index (χ1n) is 13.7. The molecule has 0 aliphatic rings. The minimum Gasteiger partial charge on any atom is -0.489 e. The largest absolute Gasteiger partial charge is 0.489 e. The normalized spacial score (nSPS) is 10.9. The van der Waals surface area contributed by atoms with E-state index in [4.69, 9.17) is 28.5 Å². The van der Waals surface area contributed by atoms with Crippen molar-refractivity contribution < 1.29 is 51.6 Å². The molecule has 5 rings (SSSR count). The van der Waals surface area contributed by atoms with E-state index in [0.717, 1.165) is 26.0 Å². The Bertz CT molecular complexity index is 1770. The third-order valence-electron chi connectivity index (χ3n) is 6.40. The van der Waals surface area contributed by atoms with E-state index in [2.05, 4.69) is 27.3 Å². The summed E-state index contributed by atoms with van der Waals surface area (Å²) < 4.78 is 52.9. The molecule has 3 aromatic carbocycles. The minimum absolute atomic E-state index is 0.0614. The van der Waals surface area contributed by atoms with Crippen molar-refractivity contribution in [3.8, 4) is 28.4 Å². The van der Waals surface area contributed by atoms with Crippen molar-refractivity contribution >= 4 is 34.5 Å². The van der Waals surface area contributed by atoms with Gasteiger partial charge in [0.25, 0.3) is 0 Å². The quantitative estimate of drug-likeness (QED) is 0.127. The number of carbonyl (C=O) groups is 2. The summed E-state index contributed by atoms with van der Waals surface area (Å²) in [6.45, 7) is 4.56. The van der Waals surface area contributed by atoms with Crippen LogP contribution in [-0.4, -0.2) is 28.3 Å². The molecule has 0 aliphatic heterocycles. The van der Waals surface area contributed by atoms with Gasteiger partial charge in [0.15, 0.2) is 0 Å². The molecular weight excluding hydrogens is 717 g/mol. The Morgan fingerprint density at radius 2 is 1.07 bits per heavy atom. The number of ether oxygens (including phenoxy) is 3. The number of carboxylic acid groups (broad SMARTS) is 2. The topological polar surface area (TPSA) is 129 Å². The first-order valence-corrected chi connectivity index (χ1v) is 14.8. The summed E-state index contributed by atoms with van der Waals surface area (Å²) in [5.74, 6) is 0.115. The van der Waals surface area contributed by atoms with E-state index < -0.39 is 18.0 Å². The van der Waals surface area contributed by atoms with Crippen molar-refractivity contribution in [2.24, 2.45) is 0 Å². The molecule has 0 spiro atoms. The van der Waals surface area contributed by atoms with Crippen LogP contribution >= 0.6 is 22.6 Å². The van der Waals surface area contributed by atoms with Crippen LogP contribution in [0.5, 0.6) is 17.2 Å². The molecule has 0 amide bonds. The van der Waals surface area contributed by atoms with E-state index in [1.807, 2.05) is 36.4 Å². The van der Waals surface area contributed by atoms with Crippen LogP contribution in [0.2, 0.25) is 0 Å². The molecule has 12 heteroatoms. The molecule has 0 atom stereocenters. The highest BCUT2D eigenvalue weighted by Gasteiger charge is 2.23. The van der Waals surface area contributed by atoms with Crippen molar-refractivity contribution in [2.75, 3.05) is 0 Å². The number of aryl methyl sites for hydroxylation is 2. The fraction of sp³-hybridized carbons (Fsp3) is 0.176. The van der Waals surface area contributed by atoms with Crippen LogP contribution in [0, 0.1) is 17.4 Å². The zero-order valence-corrected chi connectivity index (χ0v) is 27.0. The lowest BCUT2D eigenvalue weighted by Crippen LogP contribution is -2.18. The molecule has 0 unspecified atom stereocenters. The molecule has 2 aromatic heterocycles. The Balaban J connectivity index is 0.000000230. The second-order valence-electron chi connectivity index (χ2n) is 9.98. The van der Waals surface area contributed by atoms with Crippen molar-refractivity contribution in [1.29, 1.82) is 0 Å². The predicted octanol–water partition coefficient (Wildman–Crippen LogP) is 8.99. The van der Waals surface area contributed by atoms with E-state index in [0.29, 0.717) is 36.4 Å². The lowest BCUT2D eigenvalue weighted by Gasteiger charge is -2.13.